The molecule has 0 radical (unpaired) electrons. The zero-order valence-corrected chi connectivity index (χ0v) is 26.8. The van der Waals surface area contributed by atoms with Crippen molar-refractivity contribution in [2.45, 2.75) is 64.1 Å². The quantitative estimate of drug-likeness (QED) is 0.292. The Bertz CT molecular complexity index is 1510. The van der Waals surface area contributed by atoms with Gasteiger partial charge in [0.15, 0.2) is 0 Å². The van der Waals surface area contributed by atoms with Gasteiger partial charge in [-0.2, -0.15) is 0 Å². The average Bonchev–Trinajstić information content (AvgIpc) is 3.02. The fraction of sp³-hybridized carbons (Fsp3) is 0.412. The number of ether oxygens (including phenoxy) is 2. The number of amides is 2. The standard InChI is InChI=1S/C34H43N3O6S/c1-25-15-17-27(18-16-25)23-36(31(21-26-11-7-5-8-12-26)34(39)35-28-13-9-6-10-14-28)33(38)24-37(44(4,40)41)30-20-19-29(42-2)22-32(30)43-3/h5,7-8,11-12,15-20,22,28,31H,6,9-10,13-14,21,23-24H2,1-4H3,(H,35,39). The number of aryl methyl sites for hydroxylation is 1. The van der Waals surface area contributed by atoms with Gasteiger partial charge in [-0.25, -0.2) is 8.42 Å². The summed E-state index contributed by atoms with van der Waals surface area (Å²) in [5, 5.41) is 3.22. The predicted octanol–water partition coefficient (Wildman–Crippen LogP) is 4.87. The summed E-state index contributed by atoms with van der Waals surface area (Å²) in [5.74, 6) is -0.0278. The summed E-state index contributed by atoms with van der Waals surface area (Å²) >= 11 is 0. The lowest BCUT2D eigenvalue weighted by Crippen LogP contribution is -2.55. The van der Waals surface area contributed by atoms with Crippen molar-refractivity contribution in [3.05, 3.63) is 89.5 Å². The van der Waals surface area contributed by atoms with Gasteiger partial charge in [-0.15, -0.1) is 0 Å². The molecule has 0 saturated heterocycles. The Morgan fingerprint density at radius 3 is 2.20 bits per heavy atom. The van der Waals surface area contributed by atoms with Gasteiger partial charge in [0, 0.05) is 25.1 Å². The molecule has 0 bridgehead atoms. The fourth-order valence-corrected chi connectivity index (χ4v) is 6.43. The first-order valence-electron chi connectivity index (χ1n) is 15.0. The Balaban J connectivity index is 1.74. The van der Waals surface area contributed by atoms with Gasteiger partial charge < -0.3 is 19.7 Å². The van der Waals surface area contributed by atoms with E-state index < -0.39 is 28.5 Å². The molecule has 1 aliphatic carbocycles. The maximum absolute atomic E-state index is 14.4. The van der Waals surface area contributed by atoms with E-state index >= 15 is 0 Å². The molecule has 1 saturated carbocycles. The summed E-state index contributed by atoms with van der Waals surface area (Å²) in [7, 11) is -1.01. The van der Waals surface area contributed by atoms with Crippen molar-refractivity contribution in [3.8, 4) is 11.5 Å². The molecule has 1 fully saturated rings. The smallest absolute Gasteiger partial charge is 0.244 e. The van der Waals surface area contributed by atoms with E-state index in [0.717, 1.165) is 59.4 Å². The second-order valence-corrected chi connectivity index (χ2v) is 13.3. The first-order valence-corrected chi connectivity index (χ1v) is 16.8. The third-order valence-corrected chi connectivity index (χ3v) is 9.16. The number of hydrogen-bond acceptors (Lipinski definition) is 6. The number of nitrogens with zero attached hydrogens (tertiary/aromatic N) is 2. The van der Waals surface area contributed by atoms with E-state index in [9.17, 15) is 18.0 Å². The molecule has 0 heterocycles. The maximum atomic E-state index is 14.4. The molecule has 1 atom stereocenters. The number of benzene rings is 3. The van der Waals surface area contributed by atoms with Gasteiger partial charge >= 0.3 is 0 Å². The van der Waals surface area contributed by atoms with Gasteiger partial charge in [-0.1, -0.05) is 79.4 Å². The van der Waals surface area contributed by atoms with Crippen LogP contribution in [-0.4, -0.2) is 64.2 Å². The molecule has 0 spiro atoms. The predicted molar refractivity (Wildman–Crippen MR) is 172 cm³/mol. The molecule has 1 N–H and O–H groups in total. The molecule has 4 rings (SSSR count). The van der Waals surface area contributed by atoms with Crippen molar-refractivity contribution in [2.75, 3.05) is 31.3 Å². The van der Waals surface area contributed by atoms with Gasteiger partial charge in [-0.3, -0.25) is 13.9 Å². The van der Waals surface area contributed by atoms with Crippen LogP contribution < -0.4 is 19.1 Å². The Labute approximate surface area is 261 Å². The Hall–Kier alpha value is -4.05. The van der Waals surface area contributed by atoms with Crippen LogP contribution in [-0.2, 0) is 32.6 Å². The van der Waals surface area contributed by atoms with Crippen LogP contribution in [0.5, 0.6) is 11.5 Å². The number of anilines is 1. The lowest BCUT2D eigenvalue weighted by Gasteiger charge is -2.35. The van der Waals surface area contributed by atoms with Gasteiger partial charge in [0.25, 0.3) is 0 Å². The fourth-order valence-electron chi connectivity index (χ4n) is 5.57. The van der Waals surface area contributed by atoms with Crippen molar-refractivity contribution in [2.24, 2.45) is 0 Å². The highest BCUT2D eigenvalue weighted by Gasteiger charge is 2.34. The number of rotatable bonds is 13. The maximum Gasteiger partial charge on any atom is 0.244 e. The number of hydrogen-bond donors (Lipinski definition) is 1. The molecule has 3 aromatic carbocycles. The van der Waals surface area contributed by atoms with E-state index in [4.69, 9.17) is 9.47 Å². The van der Waals surface area contributed by atoms with Crippen molar-refractivity contribution < 1.29 is 27.5 Å². The molecule has 44 heavy (non-hydrogen) atoms. The van der Waals surface area contributed by atoms with Crippen LogP contribution in [0.4, 0.5) is 5.69 Å². The monoisotopic (exact) mass is 621 g/mol. The first-order chi connectivity index (χ1) is 21.1. The van der Waals surface area contributed by atoms with E-state index in [1.807, 2.05) is 61.5 Å². The Morgan fingerprint density at radius 2 is 1.59 bits per heavy atom. The van der Waals surface area contributed by atoms with Crippen LogP contribution in [0.3, 0.4) is 0 Å². The number of carbonyl (C=O) groups excluding carboxylic acids is 2. The zero-order chi connectivity index (χ0) is 31.7. The molecular formula is C34H43N3O6S. The normalized spacial score (nSPS) is 14.4. The summed E-state index contributed by atoms with van der Waals surface area (Å²) in [4.78, 5) is 29.9. The lowest BCUT2D eigenvalue weighted by atomic mass is 9.94. The highest BCUT2D eigenvalue weighted by atomic mass is 32.2. The van der Waals surface area contributed by atoms with Crippen LogP contribution in [0.1, 0.15) is 48.8 Å². The van der Waals surface area contributed by atoms with Crippen LogP contribution >= 0.6 is 0 Å². The van der Waals surface area contributed by atoms with Crippen LogP contribution in [0.2, 0.25) is 0 Å². The molecular weight excluding hydrogens is 578 g/mol. The largest absolute Gasteiger partial charge is 0.497 e. The average molecular weight is 622 g/mol. The molecule has 1 unspecified atom stereocenters. The molecule has 9 nitrogen and oxygen atoms in total. The minimum atomic E-state index is -3.94. The van der Waals surface area contributed by atoms with E-state index in [0.29, 0.717) is 5.75 Å². The summed E-state index contributed by atoms with van der Waals surface area (Å²) in [6, 6.07) is 21.2. The molecule has 10 heteroatoms. The summed E-state index contributed by atoms with van der Waals surface area (Å²) < 4.78 is 38.1. The molecule has 1 aliphatic rings. The third kappa shape index (κ3) is 8.75. The number of carbonyl (C=O) groups is 2. The topological polar surface area (TPSA) is 105 Å². The highest BCUT2D eigenvalue weighted by molar-refractivity contribution is 7.92. The minimum Gasteiger partial charge on any atom is -0.497 e. The number of sulfonamides is 1. The van der Waals surface area contributed by atoms with Gasteiger partial charge in [-0.05, 0) is 43.0 Å². The van der Waals surface area contributed by atoms with E-state index in [-0.39, 0.29) is 36.4 Å². The summed E-state index contributed by atoms with van der Waals surface area (Å²) in [5.41, 5.74) is 3.00. The SMILES string of the molecule is COc1ccc(N(CC(=O)N(Cc2ccc(C)cc2)C(Cc2ccccc2)C(=O)NC2CCCCC2)S(C)(=O)=O)c(OC)c1. The zero-order valence-electron chi connectivity index (χ0n) is 26.0. The van der Waals surface area contributed by atoms with Crippen molar-refractivity contribution in [3.63, 3.8) is 0 Å². The van der Waals surface area contributed by atoms with Crippen LogP contribution in [0, 0.1) is 6.92 Å². The molecule has 0 aliphatic heterocycles. The number of methoxy groups -OCH3 is 2. The Kier molecular flexibility index (Phi) is 11.3. The molecule has 236 valence electrons. The lowest BCUT2D eigenvalue weighted by molar-refractivity contribution is -0.140. The second-order valence-electron chi connectivity index (χ2n) is 11.4. The molecule has 0 aromatic heterocycles. The van der Waals surface area contributed by atoms with Gasteiger partial charge in [0.05, 0.1) is 26.2 Å². The van der Waals surface area contributed by atoms with Crippen molar-refractivity contribution in [1.82, 2.24) is 10.2 Å². The van der Waals surface area contributed by atoms with E-state index in [2.05, 4.69) is 5.32 Å². The first kappa shape index (κ1) is 32.9. The molecule has 3 aromatic rings. The molecule has 2 amide bonds. The van der Waals surface area contributed by atoms with Crippen LogP contribution in [0.15, 0.2) is 72.8 Å². The van der Waals surface area contributed by atoms with E-state index in [1.54, 1.807) is 18.2 Å². The van der Waals surface area contributed by atoms with Crippen molar-refractivity contribution >= 4 is 27.5 Å². The minimum absolute atomic E-state index is 0.0435. The Morgan fingerprint density at radius 1 is 0.909 bits per heavy atom. The summed E-state index contributed by atoms with van der Waals surface area (Å²) in [6.45, 7) is 1.59. The highest BCUT2D eigenvalue weighted by Crippen LogP contribution is 2.34. The second kappa shape index (κ2) is 15.1. The summed E-state index contributed by atoms with van der Waals surface area (Å²) in [6.07, 6.45) is 6.37. The van der Waals surface area contributed by atoms with Gasteiger partial charge in [0.2, 0.25) is 21.8 Å². The number of nitrogens with one attached hydrogen (secondary N) is 1. The third-order valence-electron chi connectivity index (χ3n) is 8.03. The van der Waals surface area contributed by atoms with Gasteiger partial charge in [0.1, 0.15) is 24.1 Å². The van der Waals surface area contributed by atoms with Crippen LogP contribution in [0.25, 0.3) is 0 Å². The van der Waals surface area contributed by atoms with Crippen molar-refractivity contribution in [1.29, 1.82) is 0 Å². The van der Waals surface area contributed by atoms with E-state index in [1.165, 1.54) is 19.1 Å².